The summed E-state index contributed by atoms with van der Waals surface area (Å²) in [6, 6.07) is 9.94. The fraction of sp³-hybridized carbons (Fsp3) is 0.364. The standard InChI is InChI=1S/C22H23N3O3S2/c1-3-28-22(27)17-13-29-19(24-17)16-9-11-25(12-10-16)21(26)18-14(2)23-20(30-18)15-7-5-4-6-8-15/h4-8,13,16H,3,9-12H2,1-2H3. The molecule has 4 rings (SSSR count). The van der Waals surface area contributed by atoms with Crippen molar-refractivity contribution in [1.29, 1.82) is 0 Å². The maximum atomic E-state index is 13.1. The average Bonchev–Trinajstić information content (AvgIpc) is 3.42. The van der Waals surface area contributed by atoms with Gasteiger partial charge in [-0.15, -0.1) is 22.7 Å². The molecule has 1 fully saturated rings. The van der Waals surface area contributed by atoms with Crippen LogP contribution in [-0.2, 0) is 4.74 Å². The van der Waals surface area contributed by atoms with E-state index in [-0.39, 0.29) is 17.8 Å². The molecule has 6 nitrogen and oxygen atoms in total. The number of carbonyl (C=O) groups excluding carboxylic acids is 2. The number of hydrogen-bond donors (Lipinski definition) is 0. The van der Waals surface area contributed by atoms with Crippen molar-refractivity contribution < 1.29 is 14.3 Å². The number of piperidine rings is 1. The highest BCUT2D eigenvalue weighted by Crippen LogP contribution is 2.33. The van der Waals surface area contributed by atoms with Crippen LogP contribution < -0.4 is 0 Å². The molecular weight excluding hydrogens is 418 g/mol. The van der Waals surface area contributed by atoms with Crippen LogP contribution in [0, 0.1) is 6.92 Å². The predicted octanol–water partition coefficient (Wildman–Crippen LogP) is 4.77. The summed E-state index contributed by atoms with van der Waals surface area (Å²) in [5, 5.41) is 3.59. The molecule has 1 aromatic carbocycles. The van der Waals surface area contributed by atoms with Gasteiger partial charge in [-0.25, -0.2) is 14.8 Å². The van der Waals surface area contributed by atoms with Crippen molar-refractivity contribution in [2.45, 2.75) is 32.6 Å². The van der Waals surface area contributed by atoms with E-state index in [1.807, 2.05) is 42.2 Å². The summed E-state index contributed by atoms with van der Waals surface area (Å²) < 4.78 is 5.02. The van der Waals surface area contributed by atoms with Gasteiger partial charge >= 0.3 is 5.97 Å². The van der Waals surface area contributed by atoms with Crippen LogP contribution in [0.1, 0.15) is 56.5 Å². The predicted molar refractivity (Wildman–Crippen MR) is 118 cm³/mol. The molecule has 30 heavy (non-hydrogen) atoms. The molecule has 156 valence electrons. The molecule has 1 aliphatic rings. The van der Waals surface area contributed by atoms with Crippen LogP contribution in [0.15, 0.2) is 35.7 Å². The van der Waals surface area contributed by atoms with Gasteiger partial charge in [0, 0.05) is 30.0 Å². The quantitative estimate of drug-likeness (QED) is 0.533. The zero-order valence-corrected chi connectivity index (χ0v) is 18.6. The SMILES string of the molecule is CCOC(=O)c1csc(C2CCN(C(=O)c3sc(-c4ccccc4)nc3C)CC2)n1. The average molecular weight is 442 g/mol. The van der Waals surface area contributed by atoms with Crippen LogP contribution in [0.3, 0.4) is 0 Å². The van der Waals surface area contributed by atoms with E-state index in [4.69, 9.17) is 4.74 Å². The first-order chi connectivity index (χ1) is 14.6. The Morgan fingerprint density at radius 2 is 1.90 bits per heavy atom. The zero-order valence-electron chi connectivity index (χ0n) is 17.0. The van der Waals surface area contributed by atoms with Crippen molar-refractivity contribution in [2.24, 2.45) is 0 Å². The Balaban J connectivity index is 1.40. The Labute approximate surface area is 183 Å². The Kier molecular flexibility index (Phi) is 6.24. The summed E-state index contributed by atoms with van der Waals surface area (Å²) in [4.78, 5) is 36.6. The third kappa shape index (κ3) is 4.29. The van der Waals surface area contributed by atoms with Crippen LogP contribution in [0.5, 0.6) is 0 Å². The Morgan fingerprint density at radius 1 is 1.17 bits per heavy atom. The highest BCUT2D eigenvalue weighted by atomic mass is 32.1. The zero-order chi connectivity index (χ0) is 21.1. The van der Waals surface area contributed by atoms with Crippen molar-refractivity contribution >= 4 is 34.6 Å². The first kappa shape index (κ1) is 20.7. The lowest BCUT2D eigenvalue weighted by Gasteiger charge is -2.30. The van der Waals surface area contributed by atoms with E-state index in [0.29, 0.717) is 30.3 Å². The Morgan fingerprint density at radius 3 is 2.60 bits per heavy atom. The molecule has 3 aromatic rings. The van der Waals surface area contributed by atoms with Crippen molar-refractivity contribution in [1.82, 2.24) is 14.9 Å². The molecule has 8 heteroatoms. The summed E-state index contributed by atoms with van der Waals surface area (Å²) >= 11 is 2.96. The number of aromatic nitrogens is 2. The van der Waals surface area contributed by atoms with Crippen molar-refractivity contribution in [3.8, 4) is 10.6 Å². The molecule has 0 saturated carbocycles. The number of carbonyl (C=O) groups is 2. The van der Waals surface area contributed by atoms with Crippen LogP contribution in [-0.4, -0.2) is 46.4 Å². The fourth-order valence-corrected chi connectivity index (χ4v) is 5.55. The summed E-state index contributed by atoms with van der Waals surface area (Å²) in [5.41, 5.74) is 2.19. The molecule has 3 heterocycles. The molecule has 0 N–H and O–H groups in total. The van der Waals surface area contributed by atoms with E-state index in [1.165, 1.54) is 22.7 Å². The van der Waals surface area contributed by atoms with E-state index >= 15 is 0 Å². The molecule has 0 aliphatic carbocycles. The summed E-state index contributed by atoms with van der Waals surface area (Å²) in [6.07, 6.45) is 1.68. The molecule has 1 amide bonds. The van der Waals surface area contributed by atoms with E-state index < -0.39 is 0 Å². The van der Waals surface area contributed by atoms with Gasteiger partial charge in [-0.05, 0) is 26.7 Å². The van der Waals surface area contributed by atoms with Gasteiger partial charge in [0.15, 0.2) is 5.69 Å². The molecule has 1 aliphatic heterocycles. The number of esters is 1. The third-order valence-electron chi connectivity index (χ3n) is 5.15. The minimum atomic E-state index is -0.373. The molecule has 2 aromatic heterocycles. The first-order valence-corrected chi connectivity index (χ1v) is 11.7. The Bertz CT molecular complexity index is 1040. The normalized spacial score (nSPS) is 14.7. The van der Waals surface area contributed by atoms with E-state index in [0.717, 1.165) is 34.1 Å². The van der Waals surface area contributed by atoms with Gasteiger partial charge in [-0.2, -0.15) is 0 Å². The minimum Gasteiger partial charge on any atom is -0.461 e. The van der Waals surface area contributed by atoms with Crippen LogP contribution in [0.25, 0.3) is 10.6 Å². The number of aryl methyl sites for hydroxylation is 1. The second-order valence-corrected chi connectivity index (χ2v) is 9.05. The molecular formula is C22H23N3O3S2. The summed E-state index contributed by atoms with van der Waals surface area (Å²) in [6.45, 7) is 5.38. The smallest absolute Gasteiger partial charge is 0.357 e. The Hall–Kier alpha value is -2.58. The highest BCUT2D eigenvalue weighted by Gasteiger charge is 2.29. The topological polar surface area (TPSA) is 72.4 Å². The number of nitrogens with zero attached hydrogens (tertiary/aromatic N) is 3. The van der Waals surface area contributed by atoms with Crippen molar-refractivity contribution in [3.05, 3.63) is 57.0 Å². The number of hydrogen-bond acceptors (Lipinski definition) is 7. The van der Waals surface area contributed by atoms with Gasteiger partial charge in [0.05, 0.1) is 17.3 Å². The monoisotopic (exact) mass is 441 g/mol. The van der Waals surface area contributed by atoms with Gasteiger partial charge in [-0.1, -0.05) is 30.3 Å². The molecule has 0 radical (unpaired) electrons. The molecule has 0 spiro atoms. The van der Waals surface area contributed by atoms with Crippen molar-refractivity contribution in [3.63, 3.8) is 0 Å². The number of thiazole rings is 2. The third-order valence-corrected chi connectivity index (χ3v) is 7.35. The fourth-order valence-electron chi connectivity index (χ4n) is 3.55. The van der Waals surface area contributed by atoms with E-state index in [2.05, 4.69) is 9.97 Å². The van der Waals surface area contributed by atoms with Crippen molar-refractivity contribution in [2.75, 3.05) is 19.7 Å². The molecule has 0 unspecified atom stereocenters. The second-order valence-electron chi connectivity index (χ2n) is 7.16. The maximum Gasteiger partial charge on any atom is 0.357 e. The molecule has 1 saturated heterocycles. The first-order valence-electron chi connectivity index (χ1n) is 10.0. The second kappa shape index (κ2) is 9.06. The van der Waals surface area contributed by atoms with Crippen LogP contribution in [0.2, 0.25) is 0 Å². The van der Waals surface area contributed by atoms with Crippen LogP contribution in [0.4, 0.5) is 0 Å². The lowest BCUT2D eigenvalue weighted by atomic mass is 9.97. The molecule has 0 atom stereocenters. The van der Waals surface area contributed by atoms with Gasteiger partial charge in [0.1, 0.15) is 9.88 Å². The lowest BCUT2D eigenvalue weighted by molar-refractivity contribution is 0.0520. The number of benzene rings is 1. The lowest BCUT2D eigenvalue weighted by Crippen LogP contribution is -2.37. The van der Waals surface area contributed by atoms with Gasteiger partial charge < -0.3 is 9.64 Å². The molecule has 0 bridgehead atoms. The van der Waals surface area contributed by atoms with Crippen LogP contribution >= 0.6 is 22.7 Å². The van der Waals surface area contributed by atoms with E-state index in [1.54, 1.807) is 12.3 Å². The summed E-state index contributed by atoms with van der Waals surface area (Å²) in [7, 11) is 0. The number of amides is 1. The largest absolute Gasteiger partial charge is 0.461 e. The minimum absolute atomic E-state index is 0.0528. The van der Waals surface area contributed by atoms with Gasteiger partial charge in [-0.3, -0.25) is 4.79 Å². The number of ether oxygens (including phenoxy) is 1. The number of likely N-dealkylation sites (tertiary alicyclic amines) is 1. The summed E-state index contributed by atoms with van der Waals surface area (Å²) in [5.74, 6) is -0.0517. The van der Waals surface area contributed by atoms with E-state index in [9.17, 15) is 9.59 Å². The highest BCUT2D eigenvalue weighted by molar-refractivity contribution is 7.17. The van der Waals surface area contributed by atoms with Gasteiger partial charge in [0.2, 0.25) is 0 Å². The maximum absolute atomic E-state index is 13.1. The van der Waals surface area contributed by atoms with Gasteiger partial charge in [0.25, 0.3) is 5.91 Å². The number of rotatable bonds is 5.